The van der Waals surface area contributed by atoms with Gasteiger partial charge in [0.05, 0.1) is 40.3 Å². The molecule has 0 saturated carbocycles. The second-order valence-electron chi connectivity index (χ2n) is 7.30. The number of halogens is 2. The van der Waals surface area contributed by atoms with Gasteiger partial charge in [0, 0.05) is 22.7 Å². The molecule has 0 amide bonds. The van der Waals surface area contributed by atoms with Crippen molar-refractivity contribution in [3.05, 3.63) is 78.2 Å². The van der Waals surface area contributed by atoms with Gasteiger partial charge in [0.1, 0.15) is 0 Å². The van der Waals surface area contributed by atoms with Crippen LogP contribution in [-0.4, -0.2) is 25.2 Å². The Morgan fingerprint density at radius 2 is 1.56 bits per heavy atom. The lowest BCUT2D eigenvalue weighted by molar-refractivity contribution is -0.139. The van der Waals surface area contributed by atoms with E-state index in [1.54, 1.807) is 31.3 Å². The van der Waals surface area contributed by atoms with E-state index in [4.69, 9.17) is 32.7 Å². The van der Waals surface area contributed by atoms with Crippen LogP contribution >= 0.6 is 34.5 Å². The van der Waals surface area contributed by atoms with Crippen molar-refractivity contribution in [1.82, 2.24) is 5.32 Å². The summed E-state index contributed by atoms with van der Waals surface area (Å²) in [5.74, 6) is -1.51. The summed E-state index contributed by atoms with van der Waals surface area (Å²) in [4.78, 5) is 27.0. The zero-order chi connectivity index (χ0) is 23.4. The molecular weight excluding hydrogens is 469 g/mol. The fourth-order valence-corrected chi connectivity index (χ4v) is 5.12. The summed E-state index contributed by atoms with van der Waals surface area (Å²) in [5.41, 5.74) is 3.99. The molecule has 1 aromatic carbocycles. The highest BCUT2D eigenvalue weighted by molar-refractivity contribution is 7.10. The van der Waals surface area contributed by atoms with Gasteiger partial charge in [0.2, 0.25) is 0 Å². The van der Waals surface area contributed by atoms with Crippen LogP contribution < -0.4 is 5.32 Å². The topological polar surface area (TPSA) is 64.6 Å². The van der Waals surface area contributed by atoms with Crippen LogP contribution in [0.4, 0.5) is 0 Å². The number of allylic oxidation sites excluding steroid dienone is 2. The molecule has 0 spiro atoms. The lowest BCUT2D eigenvalue weighted by Crippen LogP contribution is -2.32. The van der Waals surface area contributed by atoms with Crippen LogP contribution in [0.2, 0.25) is 10.0 Å². The monoisotopic (exact) mass is 493 g/mol. The summed E-state index contributed by atoms with van der Waals surface area (Å²) >= 11 is 13.8. The predicted molar refractivity (Wildman–Crippen MR) is 128 cm³/mol. The molecule has 32 heavy (non-hydrogen) atoms. The van der Waals surface area contributed by atoms with Gasteiger partial charge in [-0.1, -0.05) is 29.3 Å². The molecule has 0 atom stereocenters. The second kappa shape index (κ2) is 10.6. The van der Waals surface area contributed by atoms with Crippen molar-refractivity contribution in [2.45, 2.75) is 40.0 Å². The highest BCUT2D eigenvalue weighted by Crippen LogP contribution is 2.42. The number of dihydropyridines is 1. The van der Waals surface area contributed by atoms with Gasteiger partial charge in [0.15, 0.2) is 0 Å². The van der Waals surface area contributed by atoms with Gasteiger partial charge in [-0.15, -0.1) is 11.3 Å². The summed E-state index contributed by atoms with van der Waals surface area (Å²) in [5, 5.41) is 6.09. The van der Waals surface area contributed by atoms with Gasteiger partial charge in [-0.05, 0) is 62.4 Å². The molecule has 5 nitrogen and oxygen atoms in total. The third kappa shape index (κ3) is 5.03. The minimum Gasteiger partial charge on any atom is -0.463 e. The highest BCUT2D eigenvalue weighted by atomic mass is 35.5. The molecule has 2 aromatic rings. The summed E-state index contributed by atoms with van der Waals surface area (Å²) in [6.07, 6.45) is 0.581. The summed E-state index contributed by atoms with van der Waals surface area (Å²) in [7, 11) is 0. The Balaban J connectivity index is 2.12. The zero-order valence-electron chi connectivity index (χ0n) is 18.4. The molecule has 0 bridgehead atoms. The highest BCUT2D eigenvalue weighted by Gasteiger charge is 2.39. The largest absolute Gasteiger partial charge is 0.463 e. The molecule has 3 rings (SSSR count). The van der Waals surface area contributed by atoms with E-state index in [0.29, 0.717) is 39.0 Å². The van der Waals surface area contributed by atoms with E-state index in [-0.39, 0.29) is 13.2 Å². The van der Waals surface area contributed by atoms with Crippen LogP contribution in [0.15, 0.2) is 52.2 Å². The number of ether oxygens (including phenoxy) is 2. The number of esters is 2. The minimum absolute atomic E-state index is 0.236. The summed E-state index contributed by atoms with van der Waals surface area (Å²) in [6, 6.07) is 7.46. The average Bonchev–Trinajstić information content (AvgIpc) is 3.18. The molecular formula is C24H25Cl2NO4S. The quantitative estimate of drug-likeness (QED) is 0.478. The first-order valence-electron chi connectivity index (χ1n) is 10.3. The van der Waals surface area contributed by atoms with Gasteiger partial charge < -0.3 is 14.8 Å². The number of hydrogen-bond acceptors (Lipinski definition) is 6. The number of carbonyl (C=O) groups excluding carboxylic acids is 2. The zero-order valence-corrected chi connectivity index (χ0v) is 20.7. The van der Waals surface area contributed by atoms with E-state index in [9.17, 15) is 9.59 Å². The van der Waals surface area contributed by atoms with Crippen molar-refractivity contribution in [1.29, 1.82) is 0 Å². The van der Waals surface area contributed by atoms with Crippen LogP contribution in [-0.2, 0) is 25.5 Å². The van der Waals surface area contributed by atoms with Gasteiger partial charge in [-0.25, -0.2) is 9.59 Å². The molecule has 0 radical (unpaired) electrons. The predicted octanol–water partition coefficient (Wildman–Crippen LogP) is 6.01. The van der Waals surface area contributed by atoms with Gasteiger partial charge in [0.25, 0.3) is 0 Å². The molecule has 1 aliphatic heterocycles. The maximum atomic E-state index is 13.0. The Bertz CT molecular complexity index is 1060. The normalized spacial score (nSPS) is 14.4. The number of carbonyl (C=O) groups is 2. The lowest BCUT2D eigenvalue weighted by atomic mass is 9.80. The Morgan fingerprint density at radius 1 is 0.969 bits per heavy atom. The molecule has 170 valence electrons. The van der Waals surface area contributed by atoms with Crippen LogP contribution in [0.1, 0.15) is 49.6 Å². The van der Waals surface area contributed by atoms with Gasteiger partial charge >= 0.3 is 11.9 Å². The first-order valence-corrected chi connectivity index (χ1v) is 11.9. The van der Waals surface area contributed by atoms with Crippen LogP contribution in [0.25, 0.3) is 0 Å². The molecule has 1 aliphatic rings. The van der Waals surface area contributed by atoms with Crippen molar-refractivity contribution in [2.24, 2.45) is 0 Å². The fourth-order valence-electron chi connectivity index (χ4n) is 3.85. The SMILES string of the molecule is CCOC(=O)C1=C(C)NC(C)=C(C(=O)OCC)C1c1ccsc1Cc1ccc(Cl)c(Cl)c1. The van der Waals surface area contributed by atoms with Crippen molar-refractivity contribution >= 4 is 46.5 Å². The number of rotatable bonds is 7. The lowest BCUT2D eigenvalue weighted by Gasteiger charge is -2.30. The van der Waals surface area contributed by atoms with E-state index in [1.165, 1.54) is 0 Å². The Morgan fingerprint density at radius 3 is 2.09 bits per heavy atom. The smallest absolute Gasteiger partial charge is 0.336 e. The average molecular weight is 494 g/mol. The maximum Gasteiger partial charge on any atom is 0.336 e. The van der Waals surface area contributed by atoms with E-state index in [2.05, 4.69) is 5.32 Å². The van der Waals surface area contributed by atoms with Crippen molar-refractivity contribution < 1.29 is 19.1 Å². The number of thiophene rings is 1. The first-order chi connectivity index (χ1) is 15.3. The molecule has 0 aliphatic carbocycles. The number of benzene rings is 1. The van der Waals surface area contributed by atoms with E-state index < -0.39 is 17.9 Å². The van der Waals surface area contributed by atoms with Crippen LogP contribution in [0, 0.1) is 0 Å². The Kier molecular flexibility index (Phi) is 8.04. The van der Waals surface area contributed by atoms with Crippen molar-refractivity contribution in [3.8, 4) is 0 Å². The molecule has 2 heterocycles. The summed E-state index contributed by atoms with van der Waals surface area (Å²) < 4.78 is 10.7. The summed E-state index contributed by atoms with van der Waals surface area (Å²) in [6.45, 7) is 7.61. The van der Waals surface area contributed by atoms with Gasteiger partial charge in [-0.2, -0.15) is 0 Å². The number of hydrogen-bond donors (Lipinski definition) is 1. The number of nitrogens with one attached hydrogen (secondary N) is 1. The first kappa shape index (κ1) is 24.4. The van der Waals surface area contributed by atoms with Gasteiger partial charge in [-0.3, -0.25) is 0 Å². The third-order valence-electron chi connectivity index (χ3n) is 5.19. The van der Waals surface area contributed by atoms with Crippen LogP contribution in [0.5, 0.6) is 0 Å². The van der Waals surface area contributed by atoms with E-state index >= 15 is 0 Å². The molecule has 1 aromatic heterocycles. The molecule has 0 saturated heterocycles. The van der Waals surface area contributed by atoms with E-state index in [0.717, 1.165) is 16.0 Å². The molecule has 8 heteroatoms. The fraction of sp³-hybridized carbons (Fsp3) is 0.333. The van der Waals surface area contributed by atoms with Crippen molar-refractivity contribution in [3.63, 3.8) is 0 Å². The third-order valence-corrected chi connectivity index (χ3v) is 6.87. The maximum absolute atomic E-state index is 13.0. The van der Waals surface area contributed by atoms with Crippen molar-refractivity contribution in [2.75, 3.05) is 13.2 Å². The molecule has 0 unspecified atom stereocenters. The molecule has 1 N–H and O–H groups in total. The van der Waals surface area contributed by atoms with E-state index in [1.807, 2.05) is 37.4 Å². The Hall–Kier alpha value is -2.28. The minimum atomic E-state index is -0.599. The molecule has 0 fully saturated rings. The Labute approximate surface area is 202 Å². The standard InChI is InChI=1S/C24H25Cl2NO4S/c1-5-30-23(28)20-13(3)27-14(4)21(24(29)31-6-2)22(20)16-9-10-32-19(16)12-15-7-8-17(25)18(26)11-15/h7-11,22,27H,5-6,12H2,1-4H3. The van der Waals surface area contributed by atoms with Crippen LogP contribution in [0.3, 0.4) is 0 Å². The second-order valence-corrected chi connectivity index (χ2v) is 9.12.